The molecule has 6 heteroatoms. The summed E-state index contributed by atoms with van der Waals surface area (Å²) in [7, 11) is 0. The molecule has 0 bridgehead atoms. The van der Waals surface area contributed by atoms with Gasteiger partial charge in [0.2, 0.25) is 0 Å². The molecule has 92 valence electrons. The average Bonchev–Trinajstić information content (AvgIpc) is 2.26. The summed E-state index contributed by atoms with van der Waals surface area (Å²) < 4.78 is 15.7. The third-order valence-electron chi connectivity index (χ3n) is 1.91. The summed E-state index contributed by atoms with van der Waals surface area (Å²) in [4.78, 5) is 11.7. The predicted molar refractivity (Wildman–Crippen MR) is 58.2 cm³/mol. The van der Waals surface area contributed by atoms with E-state index < -0.39 is 11.6 Å². The molecule has 6 nitrogen and oxygen atoms in total. The van der Waals surface area contributed by atoms with E-state index in [1.807, 2.05) is 0 Å². The third kappa shape index (κ3) is 2.83. The van der Waals surface area contributed by atoms with Crippen molar-refractivity contribution in [1.82, 2.24) is 10.2 Å². The number of nitrogens with zero attached hydrogens (tertiary/aromatic N) is 2. The molecule has 2 rings (SSSR count). The number of hydrogen-bond acceptors (Lipinski definition) is 6. The number of aromatic nitrogens is 2. The van der Waals surface area contributed by atoms with Crippen LogP contribution in [0.25, 0.3) is 0 Å². The maximum atomic E-state index is 11.7. The van der Waals surface area contributed by atoms with Gasteiger partial charge in [-0.1, -0.05) is 0 Å². The zero-order valence-electron chi connectivity index (χ0n) is 10.0. The lowest BCUT2D eigenvalue weighted by Gasteiger charge is -2.20. The maximum Gasteiger partial charge on any atom is 0.359 e. The summed E-state index contributed by atoms with van der Waals surface area (Å²) in [6.45, 7) is 6.24. The first-order valence-electron chi connectivity index (χ1n) is 5.32. The van der Waals surface area contributed by atoms with Crippen molar-refractivity contribution < 1.29 is 19.0 Å². The molecule has 1 aromatic heterocycles. The van der Waals surface area contributed by atoms with Crippen LogP contribution in [0.1, 0.15) is 31.3 Å². The number of carbonyl (C=O) groups is 1. The van der Waals surface area contributed by atoms with E-state index in [1.165, 1.54) is 6.07 Å². The number of carbonyl (C=O) groups excluding carboxylic acids is 1. The van der Waals surface area contributed by atoms with Gasteiger partial charge in [-0.05, 0) is 20.8 Å². The van der Waals surface area contributed by atoms with Gasteiger partial charge >= 0.3 is 5.97 Å². The summed E-state index contributed by atoms with van der Waals surface area (Å²) in [6.07, 6.45) is 0. The zero-order chi connectivity index (χ0) is 12.5. The van der Waals surface area contributed by atoms with E-state index in [9.17, 15) is 4.79 Å². The van der Waals surface area contributed by atoms with E-state index in [2.05, 4.69) is 10.2 Å². The van der Waals surface area contributed by atoms with Crippen molar-refractivity contribution in [3.8, 4) is 11.6 Å². The van der Waals surface area contributed by atoms with Crippen molar-refractivity contribution in [3.63, 3.8) is 0 Å². The molecular weight excluding hydrogens is 224 g/mol. The Bertz CT molecular complexity index is 440. The molecule has 0 saturated carbocycles. The van der Waals surface area contributed by atoms with E-state index in [0.717, 1.165) is 0 Å². The van der Waals surface area contributed by atoms with Gasteiger partial charge in [0.15, 0.2) is 11.4 Å². The van der Waals surface area contributed by atoms with Gasteiger partial charge in [-0.15, -0.1) is 10.2 Å². The van der Waals surface area contributed by atoms with Gasteiger partial charge in [0.25, 0.3) is 5.88 Å². The Morgan fingerprint density at radius 2 is 2.00 bits per heavy atom. The summed E-state index contributed by atoms with van der Waals surface area (Å²) in [6, 6.07) is 1.48. The van der Waals surface area contributed by atoms with Crippen LogP contribution in [0.3, 0.4) is 0 Å². The number of hydrogen-bond donors (Lipinski definition) is 0. The Kier molecular flexibility index (Phi) is 2.87. The van der Waals surface area contributed by atoms with Crippen molar-refractivity contribution in [2.45, 2.75) is 26.4 Å². The molecule has 0 fully saturated rings. The molecule has 0 unspecified atom stereocenters. The second-order valence-corrected chi connectivity index (χ2v) is 4.60. The number of rotatable bonds is 1. The predicted octanol–water partition coefficient (Wildman–Crippen LogP) is 1.20. The first-order chi connectivity index (χ1) is 7.96. The largest absolute Gasteiger partial charge is 0.484 e. The van der Waals surface area contributed by atoms with Gasteiger partial charge in [0.05, 0.1) is 0 Å². The second-order valence-electron chi connectivity index (χ2n) is 4.60. The van der Waals surface area contributed by atoms with Crippen molar-refractivity contribution >= 4 is 5.97 Å². The number of esters is 1. The lowest BCUT2D eigenvalue weighted by atomic mass is 10.2. The van der Waals surface area contributed by atoms with E-state index in [0.29, 0.717) is 24.8 Å². The molecular formula is C11H14N2O4. The fraction of sp³-hybridized carbons (Fsp3) is 0.545. The molecule has 17 heavy (non-hydrogen) atoms. The Morgan fingerprint density at radius 3 is 2.71 bits per heavy atom. The molecule has 0 atom stereocenters. The van der Waals surface area contributed by atoms with Crippen LogP contribution < -0.4 is 9.47 Å². The summed E-state index contributed by atoms with van der Waals surface area (Å²) >= 11 is 0. The van der Waals surface area contributed by atoms with Crippen molar-refractivity contribution in [2.75, 3.05) is 13.2 Å². The molecule has 0 spiro atoms. The minimum atomic E-state index is -0.563. The molecule has 0 N–H and O–H groups in total. The fourth-order valence-electron chi connectivity index (χ4n) is 1.29. The molecule has 0 amide bonds. The van der Waals surface area contributed by atoms with Gasteiger partial charge < -0.3 is 14.2 Å². The molecule has 2 heterocycles. The molecule has 1 aliphatic heterocycles. The van der Waals surface area contributed by atoms with E-state index in [-0.39, 0.29) is 5.69 Å². The highest BCUT2D eigenvalue weighted by Gasteiger charge is 2.22. The highest BCUT2D eigenvalue weighted by atomic mass is 16.6. The van der Waals surface area contributed by atoms with Crippen LogP contribution >= 0.6 is 0 Å². The monoisotopic (exact) mass is 238 g/mol. The van der Waals surface area contributed by atoms with Gasteiger partial charge in [0.1, 0.15) is 18.8 Å². The lowest BCUT2D eigenvalue weighted by molar-refractivity contribution is 0.00601. The Labute approximate surface area is 98.9 Å². The first-order valence-corrected chi connectivity index (χ1v) is 5.32. The van der Waals surface area contributed by atoms with Gasteiger partial charge in [-0.2, -0.15) is 0 Å². The van der Waals surface area contributed by atoms with Crippen LogP contribution in [0.2, 0.25) is 0 Å². The quantitative estimate of drug-likeness (QED) is 0.685. The SMILES string of the molecule is CC(C)(C)OC(=O)c1cc2c(nn1)OCCO2. The van der Waals surface area contributed by atoms with Crippen molar-refractivity contribution in [1.29, 1.82) is 0 Å². The minimum absolute atomic E-state index is 0.115. The van der Waals surface area contributed by atoms with Crippen LogP contribution in [0.5, 0.6) is 11.6 Å². The topological polar surface area (TPSA) is 70.5 Å². The Balaban J connectivity index is 2.19. The van der Waals surface area contributed by atoms with Crippen LogP contribution in [0.4, 0.5) is 0 Å². The third-order valence-corrected chi connectivity index (χ3v) is 1.91. The summed E-state index contributed by atoms with van der Waals surface area (Å²) in [5.41, 5.74) is -0.448. The molecule has 1 aromatic rings. The van der Waals surface area contributed by atoms with E-state index in [1.54, 1.807) is 20.8 Å². The molecule has 0 aromatic carbocycles. The average molecular weight is 238 g/mol. The molecule has 1 aliphatic rings. The molecule has 0 radical (unpaired) electrons. The highest BCUT2D eigenvalue weighted by Crippen LogP contribution is 2.27. The van der Waals surface area contributed by atoms with Crippen LogP contribution in [-0.4, -0.2) is 35.0 Å². The normalized spacial score (nSPS) is 14.3. The van der Waals surface area contributed by atoms with Gasteiger partial charge in [-0.3, -0.25) is 0 Å². The van der Waals surface area contributed by atoms with Crippen LogP contribution in [0.15, 0.2) is 6.07 Å². The van der Waals surface area contributed by atoms with Gasteiger partial charge in [0, 0.05) is 6.07 Å². The molecule has 0 aliphatic carbocycles. The summed E-state index contributed by atoms with van der Waals surface area (Å²) in [5.74, 6) is 0.206. The number of ether oxygens (including phenoxy) is 3. The van der Waals surface area contributed by atoms with Crippen LogP contribution in [-0.2, 0) is 4.74 Å². The Morgan fingerprint density at radius 1 is 1.29 bits per heavy atom. The van der Waals surface area contributed by atoms with Crippen molar-refractivity contribution in [3.05, 3.63) is 11.8 Å². The standard InChI is InChI=1S/C11H14N2O4/c1-11(2,3)17-10(14)7-6-8-9(13-12-7)16-5-4-15-8/h6H,4-5H2,1-3H3. The van der Waals surface area contributed by atoms with Crippen LogP contribution in [0, 0.1) is 0 Å². The second kappa shape index (κ2) is 4.20. The Hall–Kier alpha value is -1.85. The lowest BCUT2D eigenvalue weighted by Crippen LogP contribution is -2.25. The fourth-order valence-corrected chi connectivity index (χ4v) is 1.29. The van der Waals surface area contributed by atoms with Gasteiger partial charge in [-0.25, -0.2) is 4.79 Å². The first kappa shape index (κ1) is 11.6. The highest BCUT2D eigenvalue weighted by molar-refractivity contribution is 5.87. The number of fused-ring (bicyclic) bond motifs is 1. The smallest absolute Gasteiger partial charge is 0.359 e. The minimum Gasteiger partial charge on any atom is -0.484 e. The zero-order valence-corrected chi connectivity index (χ0v) is 10.0. The maximum absolute atomic E-state index is 11.7. The van der Waals surface area contributed by atoms with E-state index in [4.69, 9.17) is 14.2 Å². The van der Waals surface area contributed by atoms with Crippen molar-refractivity contribution in [2.24, 2.45) is 0 Å². The molecule has 0 saturated heterocycles. The van der Waals surface area contributed by atoms with E-state index >= 15 is 0 Å². The summed E-state index contributed by atoms with van der Waals surface area (Å²) in [5, 5.41) is 7.52.